The van der Waals surface area contributed by atoms with Gasteiger partial charge in [0.1, 0.15) is 5.56 Å². The molecule has 2 N–H and O–H groups in total. The van der Waals surface area contributed by atoms with Crippen LogP contribution in [-0.4, -0.2) is 25.6 Å². The Hall–Kier alpha value is -1.48. The average molecular weight is 383 g/mol. The van der Waals surface area contributed by atoms with Crippen LogP contribution in [0.5, 0.6) is 0 Å². The molecular formula is C16H22F5NO2Si. The second-order valence-corrected chi connectivity index (χ2v) is 11.4. The summed E-state index contributed by atoms with van der Waals surface area (Å²) in [5.41, 5.74) is -1.34. The Morgan fingerprint density at radius 1 is 0.920 bits per heavy atom. The number of hydrogen-bond acceptors (Lipinski definition) is 2. The Balaban J connectivity index is 2.80. The molecule has 0 atom stereocenters. The summed E-state index contributed by atoms with van der Waals surface area (Å²) in [6.07, 6.45) is 0.334. The van der Waals surface area contributed by atoms with Crippen LogP contribution in [0.4, 0.5) is 22.0 Å². The molecule has 3 nitrogen and oxygen atoms in total. The van der Waals surface area contributed by atoms with E-state index >= 15 is 0 Å². The summed E-state index contributed by atoms with van der Waals surface area (Å²) in [7, 11) is -2.57. The number of amides is 1. The van der Waals surface area contributed by atoms with Gasteiger partial charge in [-0.2, -0.15) is 0 Å². The normalized spacial score (nSPS) is 12.2. The molecule has 0 unspecified atom stereocenters. The zero-order chi connectivity index (χ0) is 19.5. The second-order valence-electron chi connectivity index (χ2n) is 6.60. The number of carbonyl (C=O) groups is 1. The van der Waals surface area contributed by atoms with E-state index in [0.29, 0.717) is 12.5 Å². The van der Waals surface area contributed by atoms with Gasteiger partial charge in [-0.05, 0) is 23.5 Å². The van der Waals surface area contributed by atoms with E-state index in [1.807, 2.05) is 27.7 Å². The van der Waals surface area contributed by atoms with Crippen molar-refractivity contribution in [1.29, 1.82) is 0 Å². The van der Waals surface area contributed by atoms with E-state index in [-0.39, 0.29) is 17.6 Å². The quantitative estimate of drug-likeness (QED) is 0.243. The number of hydrogen-bond donors (Lipinski definition) is 2. The number of rotatable bonds is 7. The summed E-state index contributed by atoms with van der Waals surface area (Å²) in [5.74, 6) is -12.3. The van der Waals surface area contributed by atoms with Crippen LogP contribution in [0.25, 0.3) is 0 Å². The minimum absolute atomic E-state index is 0.0485. The van der Waals surface area contributed by atoms with E-state index in [0.717, 1.165) is 0 Å². The molecule has 142 valence electrons. The van der Waals surface area contributed by atoms with Crippen LogP contribution in [0, 0.1) is 29.1 Å². The highest BCUT2D eigenvalue weighted by Gasteiger charge is 2.37. The summed E-state index contributed by atoms with van der Waals surface area (Å²) in [5, 5.41) is 2.14. The van der Waals surface area contributed by atoms with Crippen LogP contribution in [0.3, 0.4) is 0 Å². The van der Waals surface area contributed by atoms with E-state index in [4.69, 9.17) is 0 Å². The van der Waals surface area contributed by atoms with Crippen LogP contribution in [0.15, 0.2) is 0 Å². The van der Waals surface area contributed by atoms with Gasteiger partial charge in [-0.25, -0.2) is 22.0 Å². The molecule has 0 saturated carbocycles. The monoisotopic (exact) mass is 383 g/mol. The summed E-state index contributed by atoms with van der Waals surface area (Å²) >= 11 is 0. The molecule has 0 spiro atoms. The lowest BCUT2D eigenvalue weighted by atomic mass is 10.1. The standard InChI is InChI=1S/C16H22F5NO2Si/c1-8(2)25(24,9(3)4)7-5-6-22-16(23)10-11(17)13(19)15(21)14(20)12(10)18/h8-9,24H,5-7H2,1-4H3,(H,22,23). The number of nitrogens with one attached hydrogen (secondary N) is 1. The van der Waals surface area contributed by atoms with Crippen molar-refractivity contribution in [3.63, 3.8) is 0 Å². The summed E-state index contributed by atoms with van der Waals surface area (Å²) in [6, 6.07) is 0.444. The van der Waals surface area contributed by atoms with Gasteiger partial charge in [0, 0.05) is 6.54 Å². The highest BCUT2D eigenvalue weighted by atomic mass is 28.4. The zero-order valence-corrected chi connectivity index (χ0v) is 15.5. The van der Waals surface area contributed by atoms with E-state index < -0.39 is 48.9 Å². The first-order valence-corrected chi connectivity index (χ1v) is 10.3. The Labute approximate surface area is 144 Å². The van der Waals surface area contributed by atoms with E-state index in [9.17, 15) is 31.5 Å². The maximum Gasteiger partial charge on any atom is 0.257 e. The van der Waals surface area contributed by atoms with Gasteiger partial charge in [0.25, 0.3) is 5.91 Å². The molecule has 1 rings (SSSR count). The number of halogens is 5. The summed E-state index contributed by atoms with van der Waals surface area (Å²) in [4.78, 5) is 22.5. The molecule has 0 aromatic heterocycles. The smallest absolute Gasteiger partial charge is 0.257 e. The Kier molecular flexibility index (Phi) is 7.13. The molecule has 25 heavy (non-hydrogen) atoms. The molecule has 1 aromatic rings. The second kappa shape index (κ2) is 8.26. The molecule has 0 heterocycles. The van der Waals surface area contributed by atoms with Crippen molar-refractivity contribution in [2.75, 3.05) is 6.54 Å². The third-order valence-electron chi connectivity index (χ3n) is 4.48. The van der Waals surface area contributed by atoms with Crippen molar-refractivity contribution in [2.45, 2.75) is 51.2 Å². The fourth-order valence-corrected chi connectivity index (χ4v) is 5.94. The maximum absolute atomic E-state index is 13.5. The first-order valence-electron chi connectivity index (χ1n) is 7.97. The minimum atomic E-state index is -2.57. The lowest BCUT2D eigenvalue weighted by Gasteiger charge is -2.33. The molecule has 0 aliphatic rings. The van der Waals surface area contributed by atoms with E-state index in [1.54, 1.807) is 0 Å². The highest BCUT2D eigenvalue weighted by Crippen LogP contribution is 2.34. The van der Waals surface area contributed by atoms with Gasteiger partial charge in [-0.3, -0.25) is 4.79 Å². The highest BCUT2D eigenvalue weighted by molar-refractivity contribution is 6.75. The molecule has 0 aliphatic carbocycles. The van der Waals surface area contributed by atoms with Gasteiger partial charge >= 0.3 is 0 Å². The van der Waals surface area contributed by atoms with Crippen molar-refractivity contribution < 1.29 is 31.5 Å². The van der Waals surface area contributed by atoms with Gasteiger partial charge in [-0.1, -0.05) is 27.7 Å². The van der Waals surface area contributed by atoms with Gasteiger partial charge in [0.05, 0.1) is 0 Å². The largest absolute Gasteiger partial charge is 0.431 e. The van der Waals surface area contributed by atoms with Crippen LogP contribution >= 0.6 is 0 Å². The average Bonchev–Trinajstić information content (AvgIpc) is 2.54. The lowest BCUT2D eigenvalue weighted by Crippen LogP contribution is -2.42. The van der Waals surface area contributed by atoms with Gasteiger partial charge in [-0.15, -0.1) is 0 Å². The fraction of sp³-hybridized carbons (Fsp3) is 0.562. The Morgan fingerprint density at radius 2 is 1.32 bits per heavy atom. The molecule has 0 saturated heterocycles. The summed E-state index contributed by atoms with van der Waals surface area (Å²) in [6.45, 7) is 7.56. The Morgan fingerprint density at radius 3 is 1.72 bits per heavy atom. The Bertz CT molecular complexity index is 615. The molecule has 0 aliphatic heterocycles. The molecule has 0 bridgehead atoms. The van der Waals surface area contributed by atoms with Crippen LogP contribution in [-0.2, 0) is 0 Å². The molecule has 0 fully saturated rings. The number of carbonyl (C=O) groups excluding carboxylic acids is 1. The van der Waals surface area contributed by atoms with Crippen molar-refractivity contribution in [3.8, 4) is 0 Å². The van der Waals surface area contributed by atoms with Crippen LogP contribution < -0.4 is 5.32 Å². The summed E-state index contributed by atoms with van der Waals surface area (Å²) < 4.78 is 66.3. The predicted molar refractivity (Wildman–Crippen MR) is 86.2 cm³/mol. The predicted octanol–water partition coefficient (Wildman–Crippen LogP) is 4.26. The van der Waals surface area contributed by atoms with Crippen molar-refractivity contribution in [3.05, 3.63) is 34.6 Å². The van der Waals surface area contributed by atoms with Crippen LogP contribution in [0.1, 0.15) is 44.5 Å². The zero-order valence-electron chi connectivity index (χ0n) is 14.5. The molecular weight excluding hydrogens is 361 g/mol. The van der Waals surface area contributed by atoms with Crippen molar-refractivity contribution in [2.24, 2.45) is 0 Å². The number of benzene rings is 1. The van der Waals surface area contributed by atoms with Crippen molar-refractivity contribution >= 4 is 14.2 Å². The van der Waals surface area contributed by atoms with Gasteiger partial charge in [0.2, 0.25) is 5.82 Å². The van der Waals surface area contributed by atoms with E-state index in [1.165, 1.54) is 0 Å². The first-order chi connectivity index (χ1) is 11.4. The molecule has 0 radical (unpaired) electrons. The fourth-order valence-electron chi connectivity index (χ4n) is 2.71. The van der Waals surface area contributed by atoms with Gasteiger partial charge < -0.3 is 10.1 Å². The maximum atomic E-state index is 13.5. The van der Waals surface area contributed by atoms with E-state index in [2.05, 4.69) is 5.32 Å². The SMILES string of the molecule is CC(C)[Si](O)(CCCNC(=O)c1c(F)c(F)c(F)c(F)c1F)C(C)C. The topological polar surface area (TPSA) is 49.3 Å². The van der Waals surface area contributed by atoms with Crippen LogP contribution in [0.2, 0.25) is 17.1 Å². The third-order valence-corrected chi connectivity index (χ3v) is 9.63. The molecule has 9 heteroatoms. The molecule has 1 amide bonds. The van der Waals surface area contributed by atoms with Crippen molar-refractivity contribution in [1.82, 2.24) is 5.32 Å². The minimum Gasteiger partial charge on any atom is -0.431 e. The lowest BCUT2D eigenvalue weighted by molar-refractivity contribution is 0.0941. The third kappa shape index (κ3) is 4.38. The first kappa shape index (κ1) is 21.6. The molecule has 1 aromatic carbocycles. The van der Waals surface area contributed by atoms with Gasteiger partial charge in [0.15, 0.2) is 31.6 Å².